The molecule has 13 heavy (non-hydrogen) atoms. The molecule has 2 nitrogen and oxygen atoms in total. The molecule has 1 atom stereocenters. The molecule has 0 aliphatic rings. The van der Waals surface area contributed by atoms with Gasteiger partial charge in [-0.05, 0) is 31.5 Å². The summed E-state index contributed by atoms with van der Waals surface area (Å²) in [4.78, 5) is 0. The van der Waals surface area contributed by atoms with Crippen LogP contribution in [0.2, 0.25) is 0 Å². The summed E-state index contributed by atoms with van der Waals surface area (Å²) in [7, 11) is 1.50. The Balaban J connectivity index is 3.25. The van der Waals surface area contributed by atoms with E-state index in [1.54, 1.807) is 19.9 Å². The van der Waals surface area contributed by atoms with Crippen molar-refractivity contribution >= 4 is 0 Å². The number of benzene rings is 1. The first kappa shape index (κ1) is 9.99. The van der Waals surface area contributed by atoms with Crippen LogP contribution in [0, 0.1) is 12.7 Å². The van der Waals surface area contributed by atoms with Gasteiger partial charge in [0, 0.05) is 5.56 Å². The SMILES string of the molecule is COc1cc(C)c(F)cc1C(C)O. The van der Waals surface area contributed by atoms with Crippen LogP contribution in [0.1, 0.15) is 24.2 Å². The zero-order valence-electron chi connectivity index (χ0n) is 7.97. The predicted octanol–water partition coefficient (Wildman–Crippen LogP) is 2.20. The first-order valence-corrected chi connectivity index (χ1v) is 4.08. The molecule has 0 radical (unpaired) electrons. The fourth-order valence-electron chi connectivity index (χ4n) is 1.17. The number of aliphatic hydroxyl groups is 1. The lowest BCUT2D eigenvalue weighted by molar-refractivity contribution is 0.193. The minimum Gasteiger partial charge on any atom is -0.496 e. The van der Waals surface area contributed by atoms with E-state index in [1.165, 1.54) is 13.2 Å². The maximum absolute atomic E-state index is 13.1. The third kappa shape index (κ3) is 1.98. The molecule has 0 spiro atoms. The monoisotopic (exact) mass is 184 g/mol. The largest absolute Gasteiger partial charge is 0.496 e. The number of hydrogen-bond acceptors (Lipinski definition) is 2. The van der Waals surface area contributed by atoms with Gasteiger partial charge in [0.15, 0.2) is 0 Å². The first-order chi connectivity index (χ1) is 6.06. The highest BCUT2D eigenvalue weighted by Crippen LogP contribution is 2.27. The molecular formula is C10H13FO2. The third-order valence-corrected chi connectivity index (χ3v) is 1.96. The second-order valence-corrected chi connectivity index (χ2v) is 3.02. The Hall–Kier alpha value is -1.09. The fourth-order valence-corrected chi connectivity index (χ4v) is 1.17. The Morgan fingerprint density at radius 2 is 2.08 bits per heavy atom. The van der Waals surface area contributed by atoms with Gasteiger partial charge in [0.2, 0.25) is 0 Å². The van der Waals surface area contributed by atoms with Crippen LogP contribution < -0.4 is 4.74 Å². The Kier molecular flexibility index (Phi) is 2.88. The van der Waals surface area contributed by atoms with Crippen molar-refractivity contribution in [2.45, 2.75) is 20.0 Å². The zero-order valence-corrected chi connectivity index (χ0v) is 7.97. The van der Waals surface area contributed by atoms with Gasteiger partial charge in [0.05, 0.1) is 13.2 Å². The van der Waals surface area contributed by atoms with Gasteiger partial charge in [-0.3, -0.25) is 0 Å². The summed E-state index contributed by atoms with van der Waals surface area (Å²) in [5, 5.41) is 9.30. The van der Waals surface area contributed by atoms with E-state index in [0.717, 1.165) is 0 Å². The van der Waals surface area contributed by atoms with E-state index >= 15 is 0 Å². The summed E-state index contributed by atoms with van der Waals surface area (Å²) in [5.74, 6) is 0.200. The molecule has 0 saturated carbocycles. The molecule has 3 heteroatoms. The minimum absolute atomic E-state index is 0.322. The van der Waals surface area contributed by atoms with Crippen molar-refractivity contribution in [2.75, 3.05) is 7.11 Å². The van der Waals surface area contributed by atoms with E-state index in [1.807, 2.05) is 0 Å². The third-order valence-electron chi connectivity index (χ3n) is 1.96. The van der Waals surface area contributed by atoms with Gasteiger partial charge in [-0.15, -0.1) is 0 Å². The second-order valence-electron chi connectivity index (χ2n) is 3.02. The summed E-state index contributed by atoms with van der Waals surface area (Å²) in [6.07, 6.45) is -0.718. The highest BCUT2D eigenvalue weighted by molar-refractivity contribution is 5.39. The van der Waals surface area contributed by atoms with Crippen LogP contribution in [-0.4, -0.2) is 12.2 Å². The predicted molar refractivity (Wildman–Crippen MR) is 48.3 cm³/mol. The molecule has 0 fully saturated rings. The number of aliphatic hydroxyl groups excluding tert-OH is 1. The Labute approximate surface area is 77.0 Å². The van der Waals surface area contributed by atoms with Crippen molar-refractivity contribution in [1.82, 2.24) is 0 Å². The van der Waals surface area contributed by atoms with E-state index < -0.39 is 6.10 Å². The van der Waals surface area contributed by atoms with Gasteiger partial charge in [-0.25, -0.2) is 4.39 Å². The molecule has 0 aliphatic heterocycles. The van der Waals surface area contributed by atoms with Crippen molar-refractivity contribution in [3.63, 3.8) is 0 Å². The van der Waals surface area contributed by atoms with Crippen molar-refractivity contribution < 1.29 is 14.2 Å². The van der Waals surface area contributed by atoms with Gasteiger partial charge in [-0.1, -0.05) is 0 Å². The fraction of sp³-hybridized carbons (Fsp3) is 0.400. The van der Waals surface area contributed by atoms with E-state index in [4.69, 9.17) is 4.74 Å². The van der Waals surface area contributed by atoms with Gasteiger partial charge >= 0.3 is 0 Å². The summed E-state index contributed by atoms with van der Waals surface area (Å²) in [6.45, 7) is 3.23. The van der Waals surface area contributed by atoms with Crippen LogP contribution in [-0.2, 0) is 0 Å². The maximum atomic E-state index is 13.1. The van der Waals surface area contributed by atoms with E-state index in [0.29, 0.717) is 16.9 Å². The number of methoxy groups -OCH3 is 1. The molecule has 0 aliphatic carbocycles. The highest BCUT2D eigenvalue weighted by atomic mass is 19.1. The van der Waals surface area contributed by atoms with Crippen LogP contribution in [0.4, 0.5) is 4.39 Å². The molecular weight excluding hydrogens is 171 g/mol. The number of hydrogen-bond donors (Lipinski definition) is 1. The van der Waals surface area contributed by atoms with Gasteiger partial charge in [-0.2, -0.15) is 0 Å². The molecule has 0 aromatic heterocycles. The molecule has 0 amide bonds. The lowest BCUT2D eigenvalue weighted by atomic mass is 10.1. The van der Waals surface area contributed by atoms with Crippen molar-refractivity contribution in [3.8, 4) is 5.75 Å². The number of aryl methyl sites for hydroxylation is 1. The zero-order chi connectivity index (χ0) is 10.0. The van der Waals surface area contributed by atoms with E-state index in [9.17, 15) is 9.50 Å². The standard InChI is InChI=1S/C10H13FO2/c1-6-4-10(13-3)8(7(2)12)5-9(6)11/h4-5,7,12H,1-3H3. The first-order valence-electron chi connectivity index (χ1n) is 4.08. The van der Waals surface area contributed by atoms with Gasteiger partial charge < -0.3 is 9.84 Å². The molecule has 0 bridgehead atoms. The topological polar surface area (TPSA) is 29.5 Å². The van der Waals surface area contributed by atoms with Crippen LogP contribution >= 0.6 is 0 Å². The Morgan fingerprint density at radius 3 is 2.54 bits per heavy atom. The average molecular weight is 184 g/mol. The Morgan fingerprint density at radius 1 is 1.46 bits per heavy atom. The van der Waals surface area contributed by atoms with E-state index in [2.05, 4.69) is 0 Å². The molecule has 1 unspecified atom stereocenters. The maximum Gasteiger partial charge on any atom is 0.126 e. The number of ether oxygens (including phenoxy) is 1. The molecule has 72 valence electrons. The molecule has 1 aromatic rings. The lowest BCUT2D eigenvalue weighted by Crippen LogP contribution is -1.98. The molecule has 0 heterocycles. The Bertz CT molecular complexity index is 308. The summed E-state index contributed by atoms with van der Waals surface area (Å²) >= 11 is 0. The van der Waals surface area contributed by atoms with Crippen molar-refractivity contribution in [2.24, 2.45) is 0 Å². The molecule has 1 aromatic carbocycles. The van der Waals surface area contributed by atoms with Crippen molar-refractivity contribution in [1.29, 1.82) is 0 Å². The van der Waals surface area contributed by atoms with Gasteiger partial charge in [0.25, 0.3) is 0 Å². The van der Waals surface area contributed by atoms with Crippen LogP contribution in [0.5, 0.6) is 5.75 Å². The normalized spacial score (nSPS) is 12.7. The summed E-state index contributed by atoms with van der Waals surface area (Å²) in [5.41, 5.74) is 0.992. The second kappa shape index (κ2) is 3.75. The smallest absolute Gasteiger partial charge is 0.126 e. The van der Waals surface area contributed by atoms with Crippen molar-refractivity contribution in [3.05, 3.63) is 29.1 Å². The molecule has 1 rings (SSSR count). The number of halogens is 1. The number of rotatable bonds is 2. The summed E-state index contributed by atoms with van der Waals surface area (Å²) in [6, 6.07) is 2.89. The molecule has 0 saturated heterocycles. The van der Waals surface area contributed by atoms with Gasteiger partial charge in [0.1, 0.15) is 11.6 Å². The minimum atomic E-state index is -0.718. The summed E-state index contributed by atoms with van der Waals surface area (Å²) < 4.78 is 18.1. The van der Waals surface area contributed by atoms with E-state index in [-0.39, 0.29) is 5.82 Å². The lowest BCUT2D eigenvalue weighted by Gasteiger charge is -2.12. The highest BCUT2D eigenvalue weighted by Gasteiger charge is 2.11. The quantitative estimate of drug-likeness (QED) is 0.763. The average Bonchev–Trinajstić information content (AvgIpc) is 2.08. The molecule has 1 N–H and O–H groups in total. The van der Waals surface area contributed by atoms with Crippen LogP contribution in [0.25, 0.3) is 0 Å². The van der Waals surface area contributed by atoms with Crippen LogP contribution in [0.15, 0.2) is 12.1 Å². The van der Waals surface area contributed by atoms with Crippen LogP contribution in [0.3, 0.4) is 0 Å².